The first-order chi connectivity index (χ1) is 6.93. The van der Waals surface area contributed by atoms with Crippen molar-refractivity contribution in [2.24, 2.45) is 11.5 Å². The number of aromatic nitrogens is 1. The normalized spacial score (nSPS) is 13.9. The molecule has 1 unspecified atom stereocenters. The summed E-state index contributed by atoms with van der Waals surface area (Å²) in [7, 11) is 0. The minimum Gasteiger partial charge on any atom is -0.329 e. The summed E-state index contributed by atoms with van der Waals surface area (Å²) >= 11 is 0. The summed E-state index contributed by atoms with van der Waals surface area (Å²) in [5.74, 6) is 0. The lowest BCUT2D eigenvalue weighted by Crippen LogP contribution is -2.31. The Morgan fingerprint density at radius 3 is 2.40 bits per heavy atom. The van der Waals surface area contributed by atoms with Gasteiger partial charge in [-0.15, -0.1) is 0 Å². The quantitative estimate of drug-likeness (QED) is 0.794. The molecule has 0 radical (unpaired) electrons. The second kappa shape index (κ2) is 4.59. The van der Waals surface area contributed by atoms with E-state index in [-0.39, 0.29) is 6.04 Å². The maximum absolute atomic E-state index is 12.1. The number of hydrogen-bond donors (Lipinski definition) is 2. The van der Waals surface area contributed by atoms with E-state index in [2.05, 4.69) is 4.98 Å². The maximum Gasteiger partial charge on any atom is 0.433 e. The molecule has 1 aromatic rings. The van der Waals surface area contributed by atoms with Crippen LogP contribution in [-0.4, -0.2) is 17.6 Å². The predicted molar refractivity (Wildman–Crippen MR) is 50.0 cm³/mol. The second-order valence-corrected chi connectivity index (χ2v) is 3.25. The molecule has 1 atom stereocenters. The number of nitrogens with zero attached hydrogens (tertiary/aromatic N) is 1. The highest BCUT2D eigenvalue weighted by Gasteiger charge is 2.31. The minimum atomic E-state index is -4.39. The van der Waals surface area contributed by atoms with Crippen LogP contribution in [0.15, 0.2) is 18.3 Å². The molecule has 6 heteroatoms. The Hall–Kier alpha value is -1.14. The minimum absolute atomic E-state index is 0.247. The molecule has 0 saturated carbocycles. The highest BCUT2D eigenvalue weighted by molar-refractivity contribution is 5.16. The fourth-order valence-electron chi connectivity index (χ4n) is 1.10. The molecule has 1 heterocycles. The van der Waals surface area contributed by atoms with E-state index >= 15 is 0 Å². The van der Waals surface area contributed by atoms with Gasteiger partial charge in [0.2, 0.25) is 0 Å². The van der Waals surface area contributed by atoms with Crippen LogP contribution in [0.25, 0.3) is 0 Å². The van der Waals surface area contributed by atoms with Crippen molar-refractivity contribution in [3.05, 3.63) is 29.6 Å². The fourth-order valence-corrected chi connectivity index (χ4v) is 1.10. The summed E-state index contributed by atoms with van der Waals surface area (Å²) in [6.45, 7) is 0.293. The standard InChI is InChI=1S/C9H12F3N3/c10-9(11,12)8-2-1-6(5-15-8)3-7(14)4-13/h1-2,5,7H,3-4,13-14H2. The highest BCUT2D eigenvalue weighted by atomic mass is 19.4. The van der Waals surface area contributed by atoms with Crippen molar-refractivity contribution >= 4 is 0 Å². The van der Waals surface area contributed by atoms with Gasteiger partial charge < -0.3 is 11.5 Å². The number of pyridine rings is 1. The summed E-state index contributed by atoms with van der Waals surface area (Å²) in [5, 5.41) is 0. The number of rotatable bonds is 3. The van der Waals surface area contributed by atoms with Crippen LogP contribution >= 0.6 is 0 Å². The van der Waals surface area contributed by atoms with E-state index in [0.717, 1.165) is 6.07 Å². The summed E-state index contributed by atoms with van der Waals surface area (Å²) in [4.78, 5) is 3.32. The Morgan fingerprint density at radius 1 is 1.33 bits per heavy atom. The van der Waals surface area contributed by atoms with Crippen LogP contribution in [0.4, 0.5) is 13.2 Å². The van der Waals surface area contributed by atoms with Gasteiger partial charge in [-0.1, -0.05) is 6.07 Å². The number of halogens is 3. The number of hydrogen-bond acceptors (Lipinski definition) is 3. The molecular weight excluding hydrogens is 207 g/mol. The van der Waals surface area contributed by atoms with Gasteiger partial charge in [-0.25, -0.2) is 0 Å². The van der Waals surface area contributed by atoms with Crippen LogP contribution in [-0.2, 0) is 12.6 Å². The van der Waals surface area contributed by atoms with Crippen LogP contribution in [0, 0.1) is 0 Å². The zero-order valence-electron chi connectivity index (χ0n) is 7.96. The van der Waals surface area contributed by atoms with Gasteiger partial charge in [0, 0.05) is 18.8 Å². The molecule has 0 aliphatic heterocycles. The van der Waals surface area contributed by atoms with E-state index < -0.39 is 11.9 Å². The van der Waals surface area contributed by atoms with Gasteiger partial charge in [-0.3, -0.25) is 4.98 Å². The van der Waals surface area contributed by atoms with Crippen molar-refractivity contribution in [2.45, 2.75) is 18.6 Å². The van der Waals surface area contributed by atoms with Crippen molar-refractivity contribution < 1.29 is 13.2 Å². The lowest BCUT2D eigenvalue weighted by Gasteiger charge is -2.09. The van der Waals surface area contributed by atoms with Crippen molar-refractivity contribution in [1.29, 1.82) is 0 Å². The molecule has 0 bridgehead atoms. The van der Waals surface area contributed by atoms with Gasteiger partial charge in [0.1, 0.15) is 5.69 Å². The molecule has 84 valence electrons. The zero-order valence-corrected chi connectivity index (χ0v) is 7.96. The van der Waals surface area contributed by atoms with Crippen LogP contribution < -0.4 is 11.5 Å². The smallest absolute Gasteiger partial charge is 0.329 e. The molecule has 3 nitrogen and oxygen atoms in total. The first kappa shape index (κ1) is 11.9. The first-order valence-electron chi connectivity index (χ1n) is 4.41. The van der Waals surface area contributed by atoms with Crippen LogP contribution in [0.3, 0.4) is 0 Å². The van der Waals surface area contributed by atoms with Gasteiger partial charge in [0.15, 0.2) is 0 Å². The van der Waals surface area contributed by atoms with Gasteiger partial charge in [0.25, 0.3) is 0 Å². The largest absolute Gasteiger partial charge is 0.433 e. The van der Waals surface area contributed by atoms with Crippen molar-refractivity contribution in [2.75, 3.05) is 6.54 Å². The molecule has 0 aliphatic rings. The van der Waals surface area contributed by atoms with Crippen molar-refractivity contribution in [3.8, 4) is 0 Å². The van der Waals surface area contributed by atoms with Crippen LogP contribution in [0.5, 0.6) is 0 Å². The molecule has 0 spiro atoms. The molecule has 0 saturated heterocycles. The van der Waals surface area contributed by atoms with Crippen molar-refractivity contribution in [3.63, 3.8) is 0 Å². The topological polar surface area (TPSA) is 64.9 Å². The van der Waals surface area contributed by atoms with E-state index in [1.807, 2.05) is 0 Å². The molecule has 0 fully saturated rings. The van der Waals surface area contributed by atoms with Gasteiger partial charge >= 0.3 is 6.18 Å². The third-order valence-electron chi connectivity index (χ3n) is 1.92. The summed E-state index contributed by atoms with van der Waals surface area (Å²) in [5.41, 5.74) is 10.6. The van der Waals surface area contributed by atoms with Crippen LogP contribution in [0.2, 0.25) is 0 Å². The Kier molecular flexibility index (Phi) is 3.65. The molecule has 4 N–H and O–H groups in total. The number of nitrogens with two attached hydrogens (primary N) is 2. The lowest BCUT2D eigenvalue weighted by atomic mass is 10.1. The van der Waals surface area contributed by atoms with E-state index in [0.29, 0.717) is 18.5 Å². The summed E-state index contributed by atoms with van der Waals surface area (Å²) in [6, 6.07) is 2.06. The Labute approximate surface area is 85.3 Å². The fraction of sp³-hybridized carbons (Fsp3) is 0.444. The molecule has 0 amide bonds. The number of alkyl halides is 3. The van der Waals surface area contributed by atoms with Crippen LogP contribution in [0.1, 0.15) is 11.3 Å². The Morgan fingerprint density at radius 2 is 2.00 bits per heavy atom. The second-order valence-electron chi connectivity index (χ2n) is 3.25. The van der Waals surface area contributed by atoms with Gasteiger partial charge in [0.05, 0.1) is 0 Å². The monoisotopic (exact) mass is 219 g/mol. The Balaban J connectivity index is 2.73. The van der Waals surface area contributed by atoms with E-state index in [1.165, 1.54) is 12.3 Å². The van der Waals surface area contributed by atoms with Gasteiger partial charge in [-0.05, 0) is 18.1 Å². The first-order valence-corrected chi connectivity index (χ1v) is 4.41. The third-order valence-corrected chi connectivity index (χ3v) is 1.92. The van der Waals surface area contributed by atoms with E-state index in [9.17, 15) is 13.2 Å². The van der Waals surface area contributed by atoms with E-state index in [4.69, 9.17) is 11.5 Å². The zero-order chi connectivity index (χ0) is 11.5. The molecule has 0 aliphatic carbocycles. The molecule has 0 aromatic carbocycles. The lowest BCUT2D eigenvalue weighted by molar-refractivity contribution is -0.141. The average molecular weight is 219 g/mol. The maximum atomic E-state index is 12.1. The SMILES string of the molecule is NCC(N)Cc1ccc(C(F)(F)F)nc1. The Bertz CT molecular complexity index is 307. The summed E-state index contributed by atoms with van der Waals surface area (Å²) in [6.07, 6.45) is -2.78. The summed E-state index contributed by atoms with van der Waals surface area (Å²) < 4.78 is 36.4. The molecular formula is C9H12F3N3. The van der Waals surface area contributed by atoms with Crippen molar-refractivity contribution in [1.82, 2.24) is 4.98 Å². The third kappa shape index (κ3) is 3.49. The van der Waals surface area contributed by atoms with Gasteiger partial charge in [-0.2, -0.15) is 13.2 Å². The molecule has 1 rings (SSSR count). The molecule has 15 heavy (non-hydrogen) atoms. The average Bonchev–Trinajstić information content (AvgIpc) is 2.17. The highest BCUT2D eigenvalue weighted by Crippen LogP contribution is 2.27. The predicted octanol–water partition coefficient (Wildman–Crippen LogP) is 0.929. The van der Waals surface area contributed by atoms with E-state index in [1.54, 1.807) is 0 Å². The molecule has 1 aromatic heterocycles.